The van der Waals surface area contributed by atoms with Crippen molar-refractivity contribution in [2.24, 2.45) is 21.7 Å². The van der Waals surface area contributed by atoms with Crippen molar-refractivity contribution in [3.63, 3.8) is 0 Å². The van der Waals surface area contributed by atoms with Gasteiger partial charge in [-0.2, -0.15) is 5.10 Å². The van der Waals surface area contributed by atoms with E-state index in [4.69, 9.17) is 21.2 Å². The Bertz CT molecular complexity index is 702. The van der Waals surface area contributed by atoms with Crippen LogP contribution in [0, 0.1) is 0 Å². The van der Waals surface area contributed by atoms with Gasteiger partial charge in [-0.25, -0.2) is 4.98 Å². The number of thiazole rings is 1. The molecule has 1 aliphatic rings. The Morgan fingerprint density at radius 2 is 1.96 bits per heavy atom. The van der Waals surface area contributed by atoms with E-state index in [1.807, 2.05) is 30.3 Å². The van der Waals surface area contributed by atoms with E-state index in [9.17, 15) is 0 Å². The molecule has 0 spiro atoms. The Morgan fingerprint density at radius 3 is 2.65 bits per heavy atom. The second-order valence-electron chi connectivity index (χ2n) is 4.94. The summed E-state index contributed by atoms with van der Waals surface area (Å²) in [7, 11) is 0. The minimum atomic E-state index is -0.0690. The molecule has 0 aliphatic carbocycles. The van der Waals surface area contributed by atoms with Gasteiger partial charge in [0.2, 0.25) is 5.96 Å². The molecule has 4 N–H and O–H groups in total. The number of nitrogens with two attached hydrogens (primary N) is 2. The van der Waals surface area contributed by atoms with Gasteiger partial charge in [-0.1, -0.05) is 41.7 Å². The van der Waals surface area contributed by atoms with Crippen molar-refractivity contribution >= 4 is 28.6 Å². The number of guanidine groups is 1. The average Bonchev–Trinajstić information content (AvgIpc) is 3.00. The highest BCUT2D eigenvalue weighted by Crippen LogP contribution is 2.32. The minimum absolute atomic E-state index is 0.0690. The Morgan fingerprint density at radius 1 is 1.22 bits per heavy atom. The predicted molar refractivity (Wildman–Crippen MR) is 94.0 cm³/mol. The van der Waals surface area contributed by atoms with Gasteiger partial charge in [0.1, 0.15) is 0 Å². The van der Waals surface area contributed by atoms with Gasteiger partial charge in [0.25, 0.3) is 0 Å². The lowest BCUT2D eigenvalue weighted by molar-refractivity contribution is 0.122. The van der Waals surface area contributed by atoms with Crippen molar-refractivity contribution in [2.45, 2.75) is 0 Å². The summed E-state index contributed by atoms with van der Waals surface area (Å²) in [5.41, 5.74) is 12.5. The number of anilines is 1. The molecule has 2 aromatic rings. The van der Waals surface area contributed by atoms with Crippen LogP contribution >= 0.6 is 11.3 Å². The lowest BCUT2D eigenvalue weighted by atomic mass is 10.1. The van der Waals surface area contributed by atoms with Crippen LogP contribution in [0.1, 0.15) is 4.88 Å². The highest BCUT2D eigenvalue weighted by molar-refractivity contribution is 7.17. The largest absolute Gasteiger partial charge is 0.378 e. The summed E-state index contributed by atoms with van der Waals surface area (Å²) in [6, 6.07) is 10.00. The molecule has 1 aromatic carbocycles. The molecule has 1 saturated heterocycles. The number of nitrogens with zero attached hydrogens (tertiary/aromatic N) is 4. The second kappa shape index (κ2) is 7.21. The van der Waals surface area contributed by atoms with Gasteiger partial charge in [0.05, 0.1) is 30.0 Å². The molecule has 1 fully saturated rings. The first kappa shape index (κ1) is 15.4. The Kier molecular flexibility index (Phi) is 4.84. The van der Waals surface area contributed by atoms with Gasteiger partial charge in [0.15, 0.2) is 5.13 Å². The molecule has 0 radical (unpaired) electrons. The standard InChI is InChI=1S/C15H18N6OS/c16-14(17)20-18-10-12-13(11-4-2-1-3-5-11)19-15(23-12)21-6-8-22-9-7-21/h1-5,10H,6-9H2,(H4,16,17,20)/b18-10+. The van der Waals surface area contributed by atoms with E-state index in [0.717, 1.165) is 47.6 Å². The Hall–Kier alpha value is -2.45. The Labute approximate surface area is 138 Å². The third-order valence-corrected chi connectivity index (χ3v) is 4.37. The second-order valence-corrected chi connectivity index (χ2v) is 5.95. The van der Waals surface area contributed by atoms with Gasteiger partial charge in [0, 0.05) is 18.7 Å². The summed E-state index contributed by atoms with van der Waals surface area (Å²) in [6.45, 7) is 3.12. The van der Waals surface area contributed by atoms with Crippen LogP contribution in [-0.4, -0.2) is 43.5 Å². The van der Waals surface area contributed by atoms with Crippen LogP contribution in [0.5, 0.6) is 0 Å². The maximum absolute atomic E-state index is 5.40. The molecule has 0 unspecified atom stereocenters. The summed E-state index contributed by atoms with van der Waals surface area (Å²) in [4.78, 5) is 7.93. The lowest BCUT2D eigenvalue weighted by Gasteiger charge is -2.26. The van der Waals surface area contributed by atoms with E-state index < -0.39 is 0 Å². The monoisotopic (exact) mass is 330 g/mol. The van der Waals surface area contributed by atoms with Crippen molar-refractivity contribution < 1.29 is 4.74 Å². The zero-order chi connectivity index (χ0) is 16.1. The maximum atomic E-state index is 5.40. The summed E-state index contributed by atoms with van der Waals surface area (Å²) in [5, 5.41) is 8.55. The summed E-state index contributed by atoms with van der Waals surface area (Å²) in [5.74, 6) is -0.0690. The Balaban J connectivity index is 1.96. The first-order chi connectivity index (χ1) is 11.2. The molecule has 23 heavy (non-hydrogen) atoms. The smallest absolute Gasteiger partial charge is 0.211 e. The van der Waals surface area contributed by atoms with E-state index in [1.54, 1.807) is 17.6 Å². The van der Waals surface area contributed by atoms with Crippen LogP contribution in [0.2, 0.25) is 0 Å². The lowest BCUT2D eigenvalue weighted by Crippen LogP contribution is -2.36. The first-order valence-corrected chi connectivity index (χ1v) is 8.06. The SMILES string of the molecule is NC(N)=N/N=C/c1sc(N2CCOCC2)nc1-c1ccccc1. The van der Waals surface area contributed by atoms with Gasteiger partial charge in [-0.15, -0.1) is 5.10 Å². The van der Waals surface area contributed by atoms with Crippen molar-refractivity contribution in [1.29, 1.82) is 0 Å². The first-order valence-electron chi connectivity index (χ1n) is 7.25. The van der Waals surface area contributed by atoms with Crippen LogP contribution in [0.3, 0.4) is 0 Å². The van der Waals surface area contributed by atoms with Gasteiger partial charge < -0.3 is 21.1 Å². The number of morpholine rings is 1. The fraction of sp³-hybridized carbons (Fsp3) is 0.267. The van der Waals surface area contributed by atoms with Gasteiger partial charge in [-0.3, -0.25) is 0 Å². The van der Waals surface area contributed by atoms with E-state index in [0.29, 0.717) is 0 Å². The molecular weight excluding hydrogens is 312 g/mol. The number of ether oxygens (including phenoxy) is 1. The number of benzene rings is 1. The molecule has 0 amide bonds. The molecule has 2 heterocycles. The highest BCUT2D eigenvalue weighted by Gasteiger charge is 2.18. The van der Waals surface area contributed by atoms with E-state index >= 15 is 0 Å². The molecule has 0 atom stereocenters. The molecule has 1 aliphatic heterocycles. The van der Waals surface area contributed by atoms with Crippen LogP contribution in [-0.2, 0) is 4.74 Å². The molecule has 3 rings (SSSR count). The van der Waals surface area contributed by atoms with Crippen molar-refractivity contribution in [1.82, 2.24) is 4.98 Å². The van der Waals surface area contributed by atoms with Crippen molar-refractivity contribution in [3.05, 3.63) is 35.2 Å². The third-order valence-electron chi connectivity index (χ3n) is 3.32. The molecular formula is C15H18N6OS. The summed E-state index contributed by atoms with van der Waals surface area (Å²) >= 11 is 1.57. The molecule has 1 aromatic heterocycles. The number of aromatic nitrogens is 1. The van der Waals surface area contributed by atoms with Crippen molar-refractivity contribution in [2.75, 3.05) is 31.2 Å². The van der Waals surface area contributed by atoms with Crippen molar-refractivity contribution in [3.8, 4) is 11.3 Å². The van der Waals surface area contributed by atoms with E-state index in [2.05, 4.69) is 15.1 Å². The van der Waals surface area contributed by atoms with Crippen LogP contribution in [0.15, 0.2) is 40.5 Å². The topological polar surface area (TPSA) is 102 Å². The molecule has 0 saturated carbocycles. The van der Waals surface area contributed by atoms with Crippen LogP contribution in [0.4, 0.5) is 5.13 Å². The quantitative estimate of drug-likeness (QED) is 0.499. The molecule has 0 bridgehead atoms. The van der Waals surface area contributed by atoms with E-state index in [1.165, 1.54) is 0 Å². The van der Waals surface area contributed by atoms with Gasteiger partial charge in [-0.05, 0) is 0 Å². The summed E-state index contributed by atoms with van der Waals surface area (Å²) in [6.07, 6.45) is 1.64. The molecule has 120 valence electrons. The van der Waals surface area contributed by atoms with Gasteiger partial charge >= 0.3 is 0 Å². The maximum Gasteiger partial charge on any atom is 0.211 e. The van der Waals surface area contributed by atoms with Crippen LogP contribution in [0.25, 0.3) is 11.3 Å². The number of hydrogen-bond acceptors (Lipinski definition) is 6. The average molecular weight is 330 g/mol. The fourth-order valence-electron chi connectivity index (χ4n) is 2.25. The minimum Gasteiger partial charge on any atom is -0.378 e. The predicted octanol–water partition coefficient (Wildman–Crippen LogP) is 1.25. The third kappa shape index (κ3) is 3.85. The zero-order valence-corrected chi connectivity index (χ0v) is 13.4. The fourth-order valence-corrected chi connectivity index (χ4v) is 3.25. The molecule has 7 nitrogen and oxygen atoms in total. The van der Waals surface area contributed by atoms with E-state index in [-0.39, 0.29) is 5.96 Å². The number of hydrogen-bond donors (Lipinski definition) is 2. The highest BCUT2D eigenvalue weighted by atomic mass is 32.1. The normalized spacial score (nSPS) is 15.0. The van der Waals surface area contributed by atoms with Crippen LogP contribution < -0.4 is 16.4 Å². The summed E-state index contributed by atoms with van der Waals surface area (Å²) < 4.78 is 5.40. The molecule has 8 heteroatoms. The number of rotatable bonds is 4. The zero-order valence-electron chi connectivity index (χ0n) is 12.6.